The predicted octanol–water partition coefficient (Wildman–Crippen LogP) is 3.80. The van der Waals surface area contributed by atoms with Crippen molar-refractivity contribution in [3.8, 4) is 0 Å². The number of amides is 1. The third kappa shape index (κ3) is 3.98. The highest BCUT2D eigenvalue weighted by Crippen LogP contribution is 2.25. The molecule has 7 heteroatoms. The van der Waals surface area contributed by atoms with Crippen LogP contribution >= 0.6 is 0 Å². The first-order valence-corrected chi connectivity index (χ1v) is 9.90. The van der Waals surface area contributed by atoms with Gasteiger partial charge in [0, 0.05) is 25.2 Å². The third-order valence-corrected chi connectivity index (χ3v) is 5.33. The van der Waals surface area contributed by atoms with Gasteiger partial charge in [-0.25, -0.2) is 9.97 Å². The highest BCUT2D eigenvalue weighted by Gasteiger charge is 2.21. The number of rotatable bonds is 5. The second kappa shape index (κ2) is 7.96. The number of nitrogens with zero attached hydrogens (tertiary/aromatic N) is 4. The first-order chi connectivity index (χ1) is 13.6. The van der Waals surface area contributed by atoms with Crippen molar-refractivity contribution in [3.63, 3.8) is 0 Å². The molecular weight excluding hydrogens is 352 g/mol. The molecule has 0 spiro atoms. The number of carbonyl (C=O) groups is 1. The van der Waals surface area contributed by atoms with E-state index >= 15 is 0 Å². The number of nitrogens with one attached hydrogen (secondary N) is 2. The van der Waals surface area contributed by atoms with E-state index in [4.69, 9.17) is 0 Å². The molecule has 1 amide bonds. The van der Waals surface area contributed by atoms with E-state index in [1.54, 1.807) is 10.9 Å². The van der Waals surface area contributed by atoms with Crippen molar-refractivity contribution < 1.29 is 4.79 Å². The lowest BCUT2D eigenvalue weighted by Gasteiger charge is -2.20. The lowest BCUT2D eigenvalue weighted by atomic mass is 9.88. The lowest BCUT2D eigenvalue weighted by molar-refractivity contribution is -0.120. The molecule has 0 aliphatic heterocycles. The summed E-state index contributed by atoms with van der Waals surface area (Å²) in [5, 5.41) is 11.6. The van der Waals surface area contributed by atoms with Gasteiger partial charge < -0.3 is 10.6 Å². The molecule has 0 atom stereocenters. The molecule has 1 aromatic carbocycles. The Balaban J connectivity index is 1.45. The molecule has 146 valence electrons. The number of aromatic nitrogens is 4. The zero-order chi connectivity index (χ0) is 19.5. The van der Waals surface area contributed by atoms with Gasteiger partial charge in [-0.3, -0.25) is 9.48 Å². The molecule has 0 bridgehead atoms. The van der Waals surface area contributed by atoms with E-state index < -0.39 is 0 Å². The minimum absolute atomic E-state index is 0.147. The fraction of sp³-hybridized carbons (Fsp3) is 0.429. The summed E-state index contributed by atoms with van der Waals surface area (Å²) in [5.41, 5.74) is 2.73. The quantitative estimate of drug-likeness (QED) is 0.705. The van der Waals surface area contributed by atoms with Crippen LogP contribution in [0.5, 0.6) is 0 Å². The number of benzene rings is 1. The summed E-state index contributed by atoms with van der Waals surface area (Å²) < 4.78 is 1.75. The number of hydrogen-bond donors (Lipinski definition) is 2. The van der Waals surface area contributed by atoms with E-state index in [1.165, 1.54) is 6.42 Å². The van der Waals surface area contributed by atoms with Gasteiger partial charge >= 0.3 is 0 Å². The standard InChI is InChI=1S/C21H26N6O/c1-14-24-19(18-13-23-27(2)20(18)25-14)22-12-15-7-6-10-17(11-15)26-21(28)16-8-4-3-5-9-16/h6-7,10-11,13,16H,3-5,8-9,12H2,1-2H3,(H,26,28)(H,22,24,25). The molecule has 2 aromatic heterocycles. The summed E-state index contributed by atoms with van der Waals surface area (Å²) in [4.78, 5) is 21.5. The number of anilines is 2. The van der Waals surface area contributed by atoms with Crippen LogP contribution in [0, 0.1) is 12.8 Å². The van der Waals surface area contributed by atoms with Gasteiger partial charge in [0.25, 0.3) is 0 Å². The third-order valence-electron chi connectivity index (χ3n) is 5.33. The van der Waals surface area contributed by atoms with Crippen LogP contribution in [-0.2, 0) is 18.4 Å². The molecule has 0 unspecified atom stereocenters. The molecule has 28 heavy (non-hydrogen) atoms. The summed E-state index contributed by atoms with van der Waals surface area (Å²) in [5.74, 6) is 1.77. The summed E-state index contributed by atoms with van der Waals surface area (Å²) in [6.45, 7) is 2.48. The minimum Gasteiger partial charge on any atom is -0.365 e. The van der Waals surface area contributed by atoms with Gasteiger partial charge in [0.1, 0.15) is 11.6 Å². The van der Waals surface area contributed by atoms with Crippen molar-refractivity contribution in [2.24, 2.45) is 13.0 Å². The van der Waals surface area contributed by atoms with Gasteiger partial charge in [0.15, 0.2) is 5.65 Å². The molecule has 1 fully saturated rings. The average Bonchev–Trinajstić information content (AvgIpc) is 3.08. The monoisotopic (exact) mass is 378 g/mol. The van der Waals surface area contributed by atoms with Crippen LogP contribution in [0.3, 0.4) is 0 Å². The Hall–Kier alpha value is -2.96. The highest BCUT2D eigenvalue weighted by atomic mass is 16.1. The second-order valence-corrected chi connectivity index (χ2v) is 7.50. The van der Waals surface area contributed by atoms with Gasteiger partial charge in [-0.15, -0.1) is 0 Å². The molecule has 0 radical (unpaired) electrons. The molecule has 1 aliphatic rings. The van der Waals surface area contributed by atoms with Crippen molar-refractivity contribution in [1.29, 1.82) is 0 Å². The number of aryl methyl sites for hydroxylation is 2. The molecule has 1 saturated carbocycles. The van der Waals surface area contributed by atoms with Gasteiger partial charge in [0.05, 0.1) is 11.6 Å². The SMILES string of the molecule is Cc1nc(NCc2cccc(NC(=O)C3CCCCC3)c2)c2cnn(C)c2n1. The number of carbonyl (C=O) groups excluding carboxylic acids is 1. The normalized spacial score (nSPS) is 14.9. The van der Waals surface area contributed by atoms with Crippen LogP contribution < -0.4 is 10.6 Å². The molecular formula is C21H26N6O. The van der Waals surface area contributed by atoms with Crippen molar-refractivity contribution in [3.05, 3.63) is 41.9 Å². The number of fused-ring (bicyclic) bond motifs is 1. The summed E-state index contributed by atoms with van der Waals surface area (Å²) >= 11 is 0. The Bertz CT molecular complexity index is 990. The van der Waals surface area contributed by atoms with Crippen LogP contribution in [0.1, 0.15) is 43.5 Å². The predicted molar refractivity (Wildman–Crippen MR) is 110 cm³/mol. The maximum atomic E-state index is 12.5. The molecule has 0 saturated heterocycles. The first-order valence-electron chi connectivity index (χ1n) is 9.90. The Kier molecular flexibility index (Phi) is 5.23. The zero-order valence-electron chi connectivity index (χ0n) is 16.4. The second-order valence-electron chi connectivity index (χ2n) is 7.50. The van der Waals surface area contributed by atoms with E-state index in [-0.39, 0.29) is 11.8 Å². The summed E-state index contributed by atoms with van der Waals surface area (Å²) in [7, 11) is 1.87. The highest BCUT2D eigenvalue weighted by molar-refractivity contribution is 5.92. The number of hydrogen-bond acceptors (Lipinski definition) is 5. The van der Waals surface area contributed by atoms with Gasteiger partial charge in [-0.05, 0) is 37.5 Å². The van der Waals surface area contributed by atoms with Crippen LogP contribution in [0.25, 0.3) is 11.0 Å². The molecule has 7 nitrogen and oxygen atoms in total. The first kappa shape index (κ1) is 18.4. The van der Waals surface area contributed by atoms with Gasteiger partial charge in [-0.2, -0.15) is 5.10 Å². The van der Waals surface area contributed by atoms with Gasteiger partial charge in [0.2, 0.25) is 5.91 Å². The maximum Gasteiger partial charge on any atom is 0.227 e. The van der Waals surface area contributed by atoms with E-state index in [9.17, 15) is 4.79 Å². The Labute approximate surface area is 164 Å². The molecule has 3 aromatic rings. The smallest absolute Gasteiger partial charge is 0.227 e. The Morgan fingerprint density at radius 3 is 2.86 bits per heavy atom. The summed E-state index contributed by atoms with van der Waals surface area (Å²) in [6.07, 6.45) is 7.34. The zero-order valence-corrected chi connectivity index (χ0v) is 16.4. The topological polar surface area (TPSA) is 84.7 Å². The molecule has 4 rings (SSSR count). The van der Waals surface area contributed by atoms with E-state index in [1.807, 2.05) is 38.2 Å². The largest absolute Gasteiger partial charge is 0.365 e. The molecule has 1 aliphatic carbocycles. The Morgan fingerprint density at radius 2 is 2.04 bits per heavy atom. The van der Waals surface area contributed by atoms with Crippen LogP contribution in [0.15, 0.2) is 30.5 Å². The van der Waals surface area contributed by atoms with Crippen LogP contribution in [0.2, 0.25) is 0 Å². The van der Waals surface area contributed by atoms with E-state index in [2.05, 4.69) is 25.7 Å². The van der Waals surface area contributed by atoms with Crippen molar-refractivity contribution >= 4 is 28.4 Å². The van der Waals surface area contributed by atoms with Crippen molar-refractivity contribution in [2.75, 3.05) is 10.6 Å². The maximum absolute atomic E-state index is 12.5. The van der Waals surface area contributed by atoms with Crippen LogP contribution in [0.4, 0.5) is 11.5 Å². The average molecular weight is 378 g/mol. The van der Waals surface area contributed by atoms with E-state index in [0.717, 1.165) is 53.8 Å². The summed E-state index contributed by atoms with van der Waals surface area (Å²) in [6, 6.07) is 7.97. The van der Waals surface area contributed by atoms with Gasteiger partial charge in [-0.1, -0.05) is 31.4 Å². The fourth-order valence-corrected chi connectivity index (χ4v) is 3.82. The van der Waals surface area contributed by atoms with E-state index in [0.29, 0.717) is 12.4 Å². The Morgan fingerprint density at radius 1 is 1.21 bits per heavy atom. The molecule has 2 N–H and O–H groups in total. The molecule has 2 heterocycles. The fourth-order valence-electron chi connectivity index (χ4n) is 3.82. The minimum atomic E-state index is 0.147. The van der Waals surface area contributed by atoms with Crippen molar-refractivity contribution in [1.82, 2.24) is 19.7 Å². The van der Waals surface area contributed by atoms with Crippen LogP contribution in [-0.4, -0.2) is 25.7 Å². The van der Waals surface area contributed by atoms with Crippen molar-refractivity contribution in [2.45, 2.75) is 45.6 Å². The lowest BCUT2D eigenvalue weighted by Crippen LogP contribution is -2.24.